The van der Waals surface area contributed by atoms with E-state index in [0.29, 0.717) is 17.1 Å². The van der Waals surface area contributed by atoms with Gasteiger partial charge in [-0.05, 0) is 29.2 Å². The summed E-state index contributed by atoms with van der Waals surface area (Å²) in [6.07, 6.45) is 0. The molecule has 0 aliphatic rings. The normalized spacial score (nSPS) is 13.4. The third-order valence-corrected chi connectivity index (χ3v) is 3.02. The minimum Gasteiger partial charge on any atom is -0.368 e. The van der Waals surface area contributed by atoms with E-state index in [1.165, 1.54) is 18.2 Å². The molecule has 0 fully saturated rings. The number of amides is 1. The zero-order valence-electron chi connectivity index (χ0n) is 10.8. The molecular weight excluding hydrogens is 255 g/mol. The number of rotatable bonds is 4. The number of carbonyl (C=O) groups is 1. The number of hydrogen-bond donors (Lipinski definition) is 2. The second-order valence-electron chi connectivity index (χ2n) is 5.32. The molecular formula is C13H18ClFN2O. The summed E-state index contributed by atoms with van der Waals surface area (Å²) in [5.74, 6) is -0.794. The summed E-state index contributed by atoms with van der Waals surface area (Å²) in [5, 5.41) is 3.48. The molecule has 100 valence electrons. The van der Waals surface area contributed by atoms with E-state index in [4.69, 9.17) is 17.3 Å². The first-order chi connectivity index (χ1) is 8.21. The summed E-state index contributed by atoms with van der Waals surface area (Å²) in [7, 11) is 0. The van der Waals surface area contributed by atoms with Crippen LogP contribution in [0.15, 0.2) is 18.2 Å². The van der Waals surface area contributed by atoms with Crippen LogP contribution in [0.25, 0.3) is 0 Å². The van der Waals surface area contributed by atoms with Crippen molar-refractivity contribution in [2.75, 3.05) is 0 Å². The average Bonchev–Trinajstić information content (AvgIpc) is 2.20. The Morgan fingerprint density at radius 3 is 2.61 bits per heavy atom. The monoisotopic (exact) mass is 272 g/mol. The van der Waals surface area contributed by atoms with Gasteiger partial charge in [0, 0.05) is 11.6 Å². The number of primary amides is 1. The van der Waals surface area contributed by atoms with E-state index in [1.54, 1.807) is 0 Å². The molecule has 0 saturated heterocycles. The van der Waals surface area contributed by atoms with Crippen molar-refractivity contribution in [2.45, 2.75) is 33.4 Å². The largest absolute Gasteiger partial charge is 0.368 e. The number of halogens is 2. The molecule has 0 spiro atoms. The lowest BCUT2D eigenvalue weighted by Crippen LogP contribution is -2.49. The highest BCUT2D eigenvalue weighted by Gasteiger charge is 2.29. The van der Waals surface area contributed by atoms with Gasteiger partial charge in [0.15, 0.2) is 0 Å². The Balaban J connectivity index is 2.79. The second-order valence-corrected chi connectivity index (χ2v) is 5.73. The van der Waals surface area contributed by atoms with Gasteiger partial charge in [-0.15, -0.1) is 0 Å². The summed E-state index contributed by atoms with van der Waals surface area (Å²) < 4.78 is 13.1. The summed E-state index contributed by atoms with van der Waals surface area (Å²) in [4.78, 5) is 11.4. The highest BCUT2D eigenvalue weighted by Crippen LogP contribution is 2.21. The molecule has 1 amide bonds. The topological polar surface area (TPSA) is 55.1 Å². The third-order valence-electron chi connectivity index (χ3n) is 2.65. The van der Waals surface area contributed by atoms with Gasteiger partial charge in [-0.1, -0.05) is 32.4 Å². The van der Waals surface area contributed by atoms with Gasteiger partial charge in [0.2, 0.25) is 5.91 Å². The van der Waals surface area contributed by atoms with Crippen LogP contribution in [0.5, 0.6) is 0 Å². The van der Waals surface area contributed by atoms with E-state index < -0.39 is 11.9 Å². The van der Waals surface area contributed by atoms with E-state index in [2.05, 4.69) is 5.32 Å². The summed E-state index contributed by atoms with van der Waals surface area (Å²) in [6, 6.07) is 3.62. The van der Waals surface area contributed by atoms with Gasteiger partial charge in [0.1, 0.15) is 5.82 Å². The van der Waals surface area contributed by atoms with E-state index in [1.807, 2.05) is 20.8 Å². The molecule has 0 aromatic heterocycles. The van der Waals surface area contributed by atoms with Gasteiger partial charge in [-0.3, -0.25) is 4.79 Å². The number of benzene rings is 1. The molecule has 0 unspecified atom stereocenters. The van der Waals surface area contributed by atoms with Gasteiger partial charge in [0.05, 0.1) is 6.04 Å². The van der Waals surface area contributed by atoms with Crippen LogP contribution in [-0.4, -0.2) is 11.9 Å². The minimum absolute atomic E-state index is 0.293. The smallest absolute Gasteiger partial charge is 0.235 e. The molecule has 0 aliphatic carbocycles. The van der Waals surface area contributed by atoms with Crippen molar-refractivity contribution >= 4 is 17.5 Å². The Kier molecular flexibility index (Phi) is 4.71. The van der Waals surface area contributed by atoms with Gasteiger partial charge in [-0.25, -0.2) is 4.39 Å². The Morgan fingerprint density at radius 1 is 1.50 bits per heavy atom. The summed E-state index contributed by atoms with van der Waals surface area (Å²) >= 11 is 5.95. The van der Waals surface area contributed by atoms with Crippen LogP contribution in [0.4, 0.5) is 4.39 Å². The predicted molar refractivity (Wildman–Crippen MR) is 70.7 cm³/mol. The van der Waals surface area contributed by atoms with Gasteiger partial charge in [-0.2, -0.15) is 0 Å². The zero-order valence-corrected chi connectivity index (χ0v) is 11.5. The molecule has 0 radical (unpaired) electrons. The van der Waals surface area contributed by atoms with Crippen molar-refractivity contribution in [1.82, 2.24) is 5.32 Å². The van der Waals surface area contributed by atoms with Crippen LogP contribution < -0.4 is 11.1 Å². The first-order valence-corrected chi connectivity index (χ1v) is 6.06. The highest BCUT2D eigenvalue weighted by atomic mass is 35.5. The lowest BCUT2D eigenvalue weighted by Gasteiger charge is -2.29. The van der Waals surface area contributed by atoms with Crippen molar-refractivity contribution < 1.29 is 9.18 Å². The molecule has 0 heterocycles. The van der Waals surface area contributed by atoms with Crippen LogP contribution in [0.3, 0.4) is 0 Å². The maximum atomic E-state index is 13.1. The lowest BCUT2D eigenvalue weighted by atomic mass is 9.86. The van der Waals surface area contributed by atoms with Crippen LogP contribution >= 0.6 is 11.6 Å². The number of hydrogen-bond acceptors (Lipinski definition) is 2. The van der Waals surface area contributed by atoms with Crippen LogP contribution in [0, 0.1) is 11.2 Å². The fourth-order valence-corrected chi connectivity index (χ4v) is 1.91. The van der Waals surface area contributed by atoms with Gasteiger partial charge in [0.25, 0.3) is 0 Å². The Labute approximate surface area is 112 Å². The minimum atomic E-state index is -0.503. The first-order valence-electron chi connectivity index (χ1n) is 5.68. The average molecular weight is 273 g/mol. The number of carbonyl (C=O) groups excluding carboxylic acids is 1. The summed E-state index contributed by atoms with van der Waals surface area (Å²) in [5.41, 5.74) is 5.64. The molecule has 5 heteroatoms. The van der Waals surface area contributed by atoms with E-state index in [0.717, 1.165) is 0 Å². The van der Waals surface area contributed by atoms with Crippen LogP contribution in [0.2, 0.25) is 5.02 Å². The predicted octanol–water partition coefficient (Wildman–Crippen LogP) is 2.47. The van der Waals surface area contributed by atoms with E-state index in [-0.39, 0.29) is 11.2 Å². The van der Waals surface area contributed by atoms with E-state index >= 15 is 0 Å². The Bertz CT molecular complexity index is 443. The lowest BCUT2D eigenvalue weighted by molar-refractivity contribution is -0.122. The van der Waals surface area contributed by atoms with Crippen LogP contribution in [0.1, 0.15) is 26.3 Å². The molecule has 1 aromatic carbocycles. The van der Waals surface area contributed by atoms with Gasteiger partial charge < -0.3 is 11.1 Å². The quantitative estimate of drug-likeness (QED) is 0.885. The Hall–Kier alpha value is -1.13. The van der Waals surface area contributed by atoms with Crippen LogP contribution in [-0.2, 0) is 11.3 Å². The van der Waals surface area contributed by atoms with E-state index in [9.17, 15) is 9.18 Å². The van der Waals surface area contributed by atoms with Crippen molar-refractivity contribution in [3.8, 4) is 0 Å². The highest BCUT2D eigenvalue weighted by molar-refractivity contribution is 6.31. The van der Waals surface area contributed by atoms with Crippen molar-refractivity contribution in [1.29, 1.82) is 0 Å². The second kappa shape index (κ2) is 5.67. The van der Waals surface area contributed by atoms with Gasteiger partial charge >= 0.3 is 0 Å². The molecule has 0 aliphatic heterocycles. The molecule has 0 bridgehead atoms. The third kappa shape index (κ3) is 3.96. The first kappa shape index (κ1) is 14.9. The zero-order chi connectivity index (χ0) is 13.9. The Morgan fingerprint density at radius 2 is 2.11 bits per heavy atom. The molecule has 3 nitrogen and oxygen atoms in total. The fraction of sp³-hybridized carbons (Fsp3) is 0.462. The van der Waals surface area contributed by atoms with Crippen molar-refractivity contribution in [3.05, 3.63) is 34.6 Å². The molecule has 1 aromatic rings. The molecule has 18 heavy (non-hydrogen) atoms. The molecule has 0 saturated carbocycles. The van der Waals surface area contributed by atoms with Crippen molar-refractivity contribution in [2.24, 2.45) is 11.1 Å². The summed E-state index contributed by atoms with van der Waals surface area (Å²) in [6.45, 7) is 6.01. The SMILES string of the molecule is CC(C)(C)[C@@H](NCc1cc(F)ccc1Cl)C(N)=O. The fourth-order valence-electron chi connectivity index (χ4n) is 1.72. The molecule has 3 N–H and O–H groups in total. The maximum Gasteiger partial charge on any atom is 0.235 e. The number of nitrogens with two attached hydrogens (primary N) is 1. The standard InChI is InChI=1S/C13H18ClFN2O/c1-13(2,3)11(12(16)18)17-7-8-6-9(15)4-5-10(8)14/h4-6,11,17H,7H2,1-3H3,(H2,16,18)/t11-/m0/s1. The maximum absolute atomic E-state index is 13.1. The van der Waals surface area contributed by atoms with Crippen molar-refractivity contribution in [3.63, 3.8) is 0 Å². The molecule has 1 atom stereocenters. The molecule has 1 rings (SSSR count). The number of nitrogens with one attached hydrogen (secondary N) is 1.